The van der Waals surface area contributed by atoms with Crippen LogP contribution in [0, 0.1) is 5.92 Å². The molecule has 1 aliphatic rings. The quantitative estimate of drug-likeness (QED) is 0.846. The lowest BCUT2D eigenvalue weighted by atomic mass is 9.96. The third-order valence-corrected chi connectivity index (χ3v) is 4.59. The van der Waals surface area contributed by atoms with Crippen molar-refractivity contribution < 1.29 is 14.6 Å². The Morgan fingerprint density at radius 3 is 2.83 bits per heavy atom. The number of aliphatic hydroxyl groups is 1. The van der Waals surface area contributed by atoms with Gasteiger partial charge in [0, 0.05) is 12.6 Å². The molecule has 2 N–H and O–H groups in total. The van der Waals surface area contributed by atoms with Gasteiger partial charge in [0.05, 0.1) is 19.8 Å². The molecule has 1 aliphatic heterocycles. The summed E-state index contributed by atoms with van der Waals surface area (Å²) in [5, 5.41) is 12.5. The number of para-hydroxylation sites is 1. The molecule has 2 atom stereocenters. The molecule has 2 amide bonds. The minimum Gasteiger partial charge on any atom is -0.496 e. The van der Waals surface area contributed by atoms with Crippen molar-refractivity contribution in [2.24, 2.45) is 5.92 Å². The van der Waals surface area contributed by atoms with Crippen molar-refractivity contribution in [3.63, 3.8) is 0 Å². The van der Waals surface area contributed by atoms with E-state index < -0.39 is 0 Å². The molecular weight excluding hydrogens is 292 g/mol. The maximum Gasteiger partial charge on any atom is 0.317 e. The number of aliphatic hydroxyl groups excluding tert-OH is 1. The van der Waals surface area contributed by atoms with Crippen molar-refractivity contribution in [1.29, 1.82) is 0 Å². The van der Waals surface area contributed by atoms with Gasteiger partial charge in [-0.3, -0.25) is 0 Å². The summed E-state index contributed by atoms with van der Waals surface area (Å²) in [5.74, 6) is 1.15. The van der Waals surface area contributed by atoms with E-state index in [-0.39, 0.29) is 24.7 Å². The number of methoxy groups -OCH3 is 1. The van der Waals surface area contributed by atoms with Crippen LogP contribution >= 0.6 is 0 Å². The summed E-state index contributed by atoms with van der Waals surface area (Å²) in [7, 11) is 1.66. The predicted octanol–water partition coefficient (Wildman–Crippen LogP) is 2.43. The van der Waals surface area contributed by atoms with Crippen LogP contribution < -0.4 is 10.1 Å². The number of nitrogens with one attached hydrogen (secondary N) is 1. The summed E-state index contributed by atoms with van der Waals surface area (Å²) < 4.78 is 5.41. The molecule has 128 valence electrons. The van der Waals surface area contributed by atoms with Crippen LogP contribution in [0.4, 0.5) is 4.79 Å². The number of urea groups is 1. The van der Waals surface area contributed by atoms with E-state index in [9.17, 15) is 9.90 Å². The Bertz CT molecular complexity index is 519. The van der Waals surface area contributed by atoms with Gasteiger partial charge in [0.1, 0.15) is 5.75 Å². The highest BCUT2D eigenvalue weighted by Gasteiger charge is 2.30. The number of rotatable bonds is 6. The highest BCUT2D eigenvalue weighted by molar-refractivity contribution is 5.75. The average Bonchev–Trinajstić information content (AvgIpc) is 3.03. The standard InChI is InChI=1S/C18H28N2O3/c1-13(2)16(11-14-7-4-5-9-17(14)23-3)19-18(22)20-10-6-8-15(20)12-21/h4-5,7,9,13,15-16,21H,6,8,10-12H2,1-3H3,(H,19,22)/t15-,16?/m0/s1. The van der Waals surface area contributed by atoms with Crippen LogP contribution in [0.25, 0.3) is 0 Å². The lowest BCUT2D eigenvalue weighted by Gasteiger charge is -2.29. The largest absolute Gasteiger partial charge is 0.496 e. The number of carbonyl (C=O) groups is 1. The summed E-state index contributed by atoms with van der Waals surface area (Å²) in [6.45, 7) is 4.96. The number of hydrogen-bond donors (Lipinski definition) is 2. The number of amides is 2. The van der Waals surface area contributed by atoms with Gasteiger partial charge < -0.3 is 20.1 Å². The van der Waals surface area contributed by atoms with Gasteiger partial charge in [0.25, 0.3) is 0 Å². The van der Waals surface area contributed by atoms with Crippen molar-refractivity contribution in [3.05, 3.63) is 29.8 Å². The second kappa shape index (κ2) is 8.20. The van der Waals surface area contributed by atoms with E-state index in [1.54, 1.807) is 12.0 Å². The lowest BCUT2D eigenvalue weighted by Crippen LogP contribution is -2.49. The van der Waals surface area contributed by atoms with Crippen LogP contribution in [-0.2, 0) is 6.42 Å². The summed E-state index contributed by atoms with van der Waals surface area (Å²) in [6.07, 6.45) is 2.56. The Morgan fingerprint density at radius 1 is 1.43 bits per heavy atom. The van der Waals surface area contributed by atoms with Gasteiger partial charge in [-0.25, -0.2) is 4.79 Å². The molecule has 1 fully saturated rings. The average molecular weight is 320 g/mol. The second-order valence-electron chi connectivity index (χ2n) is 6.49. The molecule has 1 unspecified atom stereocenters. The van der Waals surface area contributed by atoms with E-state index >= 15 is 0 Å². The highest BCUT2D eigenvalue weighted by atomic mass is 16.5. The fraction of sp³-hybridized carbons (Fsp3) is 0.611. The maximum atomic E-state index is 12.5. The third-order valence-electron chi connectivity index (χ3n) is 4.59. The molecule has 0 radical (unpaired) electrons. The van der Waals surface area contributed by atoms with Crippen LogP contribution in [0.5, 0.6) is 5.75 Å². The number of likely N-dealkylation sites (tertiary alicyclic amines) is 1. The van der Waals surface area contributed by atoms with Gasteiger partial charge in [-0.05, 0) is 36.8 Å². The normalized spacial score (nSPS) is 19.0. The first kappa shape index (κ1) is 17.6. The SMILES string of the molecule is COc1ccccc1CC(NC(=O)N1CCC[C@H]1CO)C(C)C. The molecule has 5 nitrogen and oxygen atoms in total. The van der Waals surface area contributed by atoms with E-state index in [0.29, 0.717) is 5.92 Å². The first-order chi connectivity index (χ1) is 11.1. The van der Waals surface area contributed by atoms with Gasteiger partial charge in [-0.1, -0.05) is 32.0 Å². The van der Waals surface area contributed by atoms with Crippen molar-refractivity contribution in [1.82, 2.24) is 10.2 Å². The van der Waals surface area contributed by atoms with Crippen LogP contribution in [-0.4, -0.2) is 48.4 Å². The lowest BCUT2D eigenvalue weighted by molar-refractivity contribution is 0.152. The molecule has 1 heterocycles. The fourth-order valence-corrected chi connectivity index (χ4v) is 3.10. The summed E-state index contributed by atoms with van der Waals surface area (Å²) in [5.41, 5.74) is 1.09. The fourth-order valence-electron chi connectivity index (χ4n) is 3.10. The van der Waals surface area contributed by atoms with E-state index in [4.69, 9.17) is 4.74 Å². The summed E-state index contributed by atoms with van der Waals surface area (Å²) >= 11 is 0. The second-order valence-corrected chi connectivity index (χ2v) is 6.49. The van der Waals surface area contributed by atoms with Crippen molar-refractivity contribution in [2.75, 3.05) is 20.3 Å². The number of ether oxygens (including phenoxy) is 1. The first-order valence-electron chi connectivity index (χ1n) is 8.36. The predicted molar refractivity (Wildman–Crippen MR) is 90.7 cm³/mol. The molecule has 23 heavy (non-hydrogen) atoms. The Labute approximate surface area is 138 Å². The topological polar surface area (TPSA) is 61.8 Å². The number of benzene rings is 1. The monoisotopic (exact) mass is 320 g/mol. The minimum absolute atomic E-state index is 0.0266. The Hall–Kier alpha value is -1.75. The van der Waals surface area contributed by atoms with E-state index in [1.807, 2.05) is 24.3 Å². The number of hydrogen-bond acceptors (Lipinski definition) is 3. The van der Waals surface area contributed by atoms with Gasteiger partial charge in [-0.2, -0.15) is 0 Å². The first-order valence-corrected chi connectivity index (χ1v) is 8.36. The Kier molecular flexibility index (Phi) is 6.28. The molecule has 5 heteroatoms. The van der Waals surface area contributed by atoms with Crippen LogP contribution in [0.1, 0.15) is 32.3 Å². The van der Waals surface area contributed by atoms with Crippen molar-refractivity contribution >= 4 is 6.03 Å². The Morgan fingerprint density at radius 2 is 2.17 bits per heavy atom. The zero-order valence-electron chi connectivity index (χ0n) is 14.3. The van der Waals surface area contributed by atoms with Crippen LogP contribution in [0.3, 0.4) is 0 Å². The van der Waals surface area contributed by atoms with Crippen LogP contribution in [0.15, 0.2) is 24.3 Å². The third kappa shape index (κ3) is 4.38. The maximum absolute atomic E-state index is 12.5. The number of nitrogens with zero attached hydrogens (tertiary/aromatic N) is 1. The van der Waals surface area contributed by atoms with Gasteiger partial charge in [0.2, 0.25) is 0 Å². The van der Waals surface area contributed by atoms with E-state index in [1.165, 1.54) is 0 Å². The Balaban J connectivity index is 2.05. The van der Waals surface area contributed by atoms with E-state index in [2.05, 4.69) is 19.2 Å². The van der Waals surface area contributed by atoms with Crippen molar-refractivity contribution in [2.45, 2.75) is 45.2 Å². The van der Waals surface area contributed by atoms with Gasteiger partial charge >= 0.3 is 6.03 Å². The van der Waals surface area contributed by atoms with Crippen molar-refractivity contribution in [3.8, 4) is 5.75 Å². The van der Waals surface area contributed by atoms with E-state index in [0.717, 1.165) is 37.1 Å². The summed E-state index contributed by atoms with van der Waals surface area (Å²) in [6, 6.07) is 7.81. The molecule has 0 saturated carbocycles. The number of carbonyl (C=O) groups excluding carboxylic acids is 1. The van der Waals surface area contributed by atoms with Gasteiger partial charge in [-0.15, -0.1) is 0 Å². The molecule has 0 aliphatic carbocycles. The molecular formula is C18H28N2O3. The summed E-state index contributed by atoms with van der Waals surface area (Å²) in [4.78, 5) is 14.3. The molecule has 0 bridgehead atoms. The molecule has 1 aromatic rings. The highest BCUT2D eigenvalue weighted by Crippen LogP contribution is 2.22. The molecule has 1 aromatic carbocycles. The molecule has 0 spiro atoms. The zero-order valence-corrected chi connectivity index (χ0v) is 14.3. The minimum atomic E-state index is -0.0739. The van der Waals surface area contributed by atoms with Gasteiger partial charge in [0.15, 0.2) is 0 Å². The molecule has 0 aromatic heterocycles. The molecule has 1 saturated heterocycles. The smallest absolute Gasteiger partial charge is 0.317 e. The zero-order chi connectivity index (χ0) is 16.8. The van der Waals surface area contributed by atoms with Crippen LogP contribution in [0.2, 0.25) is 0 Å². The molecule has 2 rings (SSSR count).